The molecule has 0 saturated heterocycles. The Kier molecular flexibility index (Phi) is 5.64. The van der Waals surface area contributed by atoms with Crippen molar-refractivity contribution in [2.45, 2.75) is 20.0 Å². The molecule has 2 aromatic rings. The van der Waals surface area contributed by atoms with Gasteiger partial charge >= 0.3 is 5.97 Å². The minimum atomic E-state index is -1.12. The molecular formula is C16H14Cl2N2O4. The molecule has 126 valence electrons. The summed E-state index contributed by atoms with van der Waals surface area (Å²) in [5.74, 6) is -1.54. The number of phenols is 1. The zero-order valence-electron chi connectivity index (χ0n) is 12.8. The Hall–Kier alpha value is -2.31. The summed E-state index contributed by atoms with van der Waals surface area (Å²) < 4.78 is 5.05. The number of hydrogen-bond donors (Lipinski definition) is 2. The molecule has 0 radical (unpaired) electrons. The highest BCUT2D eigenvalue weighted by Gasteiger charge is 2.22. The number of pyridine rings is 1. The van der Waals surface area contributed by atoms with Crippen molar-refractivity contribution in [1.82, 2.24) is 4.98 Å². The second-order valence-corrected chi connectivity index (χ2v) is 5.88. The van der Waals surface area contributed by atoms with Crippen molar-refractivity contribution in [2.75, 3.05) is 5.32 Å². The number of nitrogens with zero attached hydrogens (tertiary/aromatic N) is 1. The molecule has 24 heavy (non-hydrogen) atoms. The van der Waals surface area contributed by atoms with E-state index in [-0.39, 0.29) is 22.2 Å². The maximum absolute atomic E-state index is 12.1. The monoisotopic (exact) mass is 368 g/mol. The molecule has 0 aliphatic heterocycles. The number of hydrogen-bond acceptors (Lipinski definition) is 5. The third-order valence-electron chi connectivity index (χ3n) is 3.08. The van der Waals surface area contributed by atoms with Gasteiger partial charge < -0.3 is 15.2 Å². The maximum atomic E-state index is 12.1. The summed E-state index contributed by atoms with van der Waals surface area (Å²) in [6, 6.07) is 5.93. The number of amides is 1. The molecule has 0 aliphatic carbocycles. The van der Waals surface area contributed by atoms with E-state index in [1.165, 1.54) is 31.3 Å². The smallest absolute Gasteiger partial charge is 0.342 e. The van der Waals surface area contributed by atoms with Crippen LogP contribution < -0.4 is 5.32 Å². The third-order valence-corrected chi connectivity index (χ3v) is 3.57. The van der Waals surface area contributed by atoms with Gasteiger partial charge in [-0.1, -0.05) is 29.3 Å². The zero-order valence-corrected chi connectivity index (χ0v) is 14.4. The van der Waals surface area contributed by atoms with Gasteiger partial charge in [-0.25, -0.2) is 9.78 Å². The summed E-state index contributed by atoms with van der Waals surface area (Å²) in [6.07, 6.45) is 0.205. The van der Waals surface area contributed by atoms with Crippen LogP contribution in [-0.2, 0) is 9.53 Å². The molecule has 8 heteroatoms. The first-order valence-electron chi connectivity index (χ1n) is 6.90. The Morgan fingerprint density at radius 1 is 1.29 bits per heavy atom. The SMILES string of the molecule is Cc1ccc(C(=O)O[C@H](C)C(=O)Nc2ncc(Cl)cc2Cl)c(O)c1. The van der Waals surface area contributed by atoms with E-state index < -0.39 is 18.0 Å². The van der Waals surface area contributed by atoms with Crippen LogP contribution in [0.5, 0.6) is 5.75 Å². The number of anilines is 1. The highest BCUT2D eigenvalue weighted by atomic mass is 35.5. The lowest BCUT2D eigenvalue weighted by Crippen LogP contribution is -2.30. The number of rotatable bonds is 4. The molecule has 1 amide bonds. The summed E-state index contributed by atoms with van der Waals surface area (Å²) in [5.41, 5.74) is 0.765. The number of halogens is 2. The van der Waals surface area contributed by atoms with Crippen LogP contribution in [0.1, 0.15) is 22.8 Å². The van der Waals surface area contributed by atoms with Gasteiger partial charge in [0.1, 0.15) is 11.3 Å². The van der Waals surface area contributed by atoms with Crippen molar-refractivity contribution >= 4 is 40.9 Å². The number of aromatic nitrogens is 1. The van der Waals surface area contributed by atoms with E-state index in [1.807, 2.05) is 0 Å². The van der Waals surface area contributed by atoms with Crippen molar-refractivity contribution in [2.24, 2.45) is 0 Å². The molecular weight excluding hydrogens is 355 g/mol. The summed E-state index contributed by atoms with van der Waals surface area (Å²) in [5, 5.41) is 12.7. The van der Waals surface area contributed by atoms with Crippen LogP contribution in [0.2, 0.25) is 10.0 Å². The maximum Gasteiger partial charge on any atom is 0.342 e. The first-order chi connectivity index (χ1) is 11.3. The predicted octanol–water partition coefficient (Wildman–Crippen LogP) is 3.59. The van der Waals surface area contributed by atoms with Crippen molar-refractivity contribution in [3.63, 3.8) is 0 Å². The number of esters is 1. The Balaban J connectivity index is 2.04. The number of aryl methyl sites for hydroxylation is 1. The van der Waals surface area contributed by atoms with Crippen LogP contribution in [0.4, 0.5) is 5.82 Å². The van der Waals surface area contributed by atoms with Crippen LogP contribution in [0.15, 0.2) is 30.5 Å². The highest BCUT2D eigenvalue weighted by molar-refractivity contribution is 6.36. The molecule has 2 N–H and O–H groups in total. The van der Waals surface area contributed by atoms with Gasteiger partial charge in [0, 0.05) is 6.20 Å². The number of ether oxygens (including phenoxy) is 1. The topological polar surface area (TPSA) is 88.5 Å². The molecule has 0 saturated carbocycles. The second kappa shape index (κ2) is 7.51. The van der Waals surface area contributed by atoms with Crippen molar-refractivity contribution in [3.8, 4) is 5.75 Å². The summed E-state index contributed by atoms with van der Waals surface area (Å²) in [6.45, 7) is 3.16. The van der Waals surface area contributed by atoms with Crippen molar-refractivity contribution in [3.05, 3.63) is 51.6 Å². The number of nitrogens with one attached hydrogen (secondary N) is 1. The fraction of sp³-hybridized carbons (Fsp3) is 0.188. The Morgan fingerprint density at radius 2 is 2.00 bits per heavy atom. The van der Waals surface area contributed by atoms with Crippen LogP contribution in [0.3, 0.4) is 0 Å². The minimum Gasteiger partial charge on any atom is -0.507 e. The van der Waals surface area contributed by atoms with Crippen LogP contribution in [0, 0.1) is 6.92 Å². The van der Waals surface area contributed by atoms with E-state index in [1.54, 1.807) is 13.0 Å². The fourth-order valence-electron chi connectivity index (χ4n) is 1.82. The van der Waals surface area contributed by atoms with Crippen molar-refractivity contribution in [1.29, 1.82) is 0 Å². The number of benzene rings is 1. The van der Waals surface area contributed by atoms with E-state index in [0.29, 0.717) is 5.02 Å². The van der Waals surface area contributed by atoms with Gasteiger partial charge in [0.2, 0.25) is 0 Å². The van der Waals surface area contributed by atoms with E-state index >= 15 is 0 Å². The van der Waals surface area contributed by atoms with Crippen LogP contribution in [0.25, 0.3) is 0 Å². The second-order valence-electron chi connectivity index (χ2n) is 5.04. The molecule has 1 aromatic carbocycles. The van der Waals surface area contributed by atoms with Gasteiger partial charge in [0.25, 0.3) is 5.91 Å². The molecule has 6 nitrogen and oxygen atoms in total. The van der Waals surface area contributed by atoms with Gasteiger partial charge in [-0.15, -0.1) is 0 Å². The summed E-state index contributed by atoms with van der Waals surface area (Å²) in [4.78, 5) is 28.0. The molecule has 2 rings (SSSR count). The standard InChI is InChI=1S/C16H14Cl2N2O4/c1-8-3-4-11(13(21)5-8)16(23)24-9(2)15(22)20-14-12(18)6-10(17)7-19-14/h3-7,9,21H,1-2H3,(H,19,20,22)/t9-/m1/s1. The quantitative estimate of drug-likeness (QED) is 0.805. The van der Waals surface area contributed by atoms with E-state index in [4.69, 9.17) is 27.9 Å². The average Bonchev–Trinajstić information content (AvgIpc) is 2.49. The molecule has 1 heterocycles. The lowest BCUT2D eigenvalue weighted by atomic mass is 10.1. The number of phenolic OH excluding ortho intramolecular Hbond substituents is 1. The van der Waals surface area contributed by atoms with E-state index in [0.717, 1.165) is 5.56 Å². The van der Waals surface area contributed by atoms with Gasteiger partial charge in [-0.3, -0.25) is 4.79 Å². The number of carbonyl (C=O) groups is 2. The van der Waals surface area contributed by atoms with E-state index in [9.17, 15) is 14.7 Å². The molecule has 1 aromatic heterocycles. The Bertz CT molecular complexity index is 796. The molecule has 0 fully saturated rings. The normalized spacial score (nSPS) is 11.7. The molecule has 0 aliphatic rings. The van der Waals surface area contributed by atoms with Gasteiger partial charge in [0.05, 0.1) is 10.0 Å². The molecule has 0 bridgehead atoms. The first-order valence-corrected chi connectivity index (χ1v) is 7.66. The summed E-state index contributed by atoms with van der Waals surface area (Å²) in [7, 11) is 0. The van der Waals surface area contributed by atoms with Crippen molar-refractivity contribution < 1.29 is 19.4 Å². The number of carbonyl (C=O) groups excluding carboxylic acids is 2. The molecule has 0 unspecified atom stereocenters. The van der Waals surface area contributed by atoms with Crippen LogP contribution in [-0.4, -0.2) is 28.1 Å². The third kappa shape index (κ3) is 4.37. The van der Waals surface area contributed by atoms with Gasteiger partial charge in [0.15, 0.2) is 11.9 Å². The largest absolute Gasteiger partial charge is 0.507 e. The highest BCUT2D eigenvalue weighted by Crippen LogP contribution is 2.23. The van der Waals surface area contributed by atoms with Gasteiger partial charge in [-0.2, -0.15) is 0 Å². The number of aromatic hydroxyl groups is 1. The molecule has 1 atom stereocenters. The van der Waals surface area contributed by atoms with E-state index in [2.05, 4.69) is 10.3 Å². The summed E-state index contributed by atoms with van der Waals surface area (Å²) >= 11 is 11.6. The first kappa shape index (κ1) is 18.0. The lowest BCUT2D eigenvalue weighted by molar-refractivity contribution is -0.123. The minimum absolute atomic E-state index is 0.0251. The average molecular weight is 369 g/mol. The zero-order chi connectivity index (χ0) is 17.9. The van der Waals surface area contributed by atoms with Crippen LogP contribution >= 0.6 is 23.2 Å². The predicted molar refractivity (Wildman–Crippen MR) is 90.6 cm³/mol. The lowest BCUT2D eigenvalue weighted by Gasteiger charge is -2.14. The Labute approximate surface area is 148 Å². The fourth-order valence-corrected chi connectivity index (χ4v) is 2.24. The Morgan fingerprint density at radius 3 is 2.62 bits per heavy atom. The van der Waals surface area contributed by atoms with Gasteiger partial charge in [-0.05, 0) is 37.6 Å². The molecule has 0 spiro atoms.